The molecular weight excluding hydrogens is 336 g/mol. The van der Waals surface area contributed by atoms with E-state index < -0.39 is 5.97 Å². The molecule has 0 spiro atoms. The van der Waals surface area contributed by atoms with Crippen molar-refractivity contribution in [1.82, 2.24) is 0 Å². The van der Waals surface area contributed by atoms with Gasteiger partial charge in [-0.15, -0.1) is 0 Å². The Kier molecular flexibility index (Phi) is 7.76. The van der Waals surface area contributed by atoms with Crippen LogP contribution >= 0.6 is 0 Å². The SMILES string of the molecule is COCCCOc1cc(OCc2ccccc2)c(C(=O)OC)cc1OC. The number of esters is 1. The molecule has 0 bridgehead atoms. The molecule has 0 unspecified atom stereocenters. The second-order valence-corrected chi connectivity index (χ2v) is 5.46. The van der Waals surface area contributed by atoms with Gasteiger partial charge in [-0.3, -0.25) is 0 Å². The van der Waals surface area contributed by atoms with Gasteiger partial charge in [0.25, 0.3) is 0 Å². The fourth-order valence-corrected chi connectivity index (χ4v) is 2.32. The molecule has 0 saturated heterocycles. The molecule has 0 aliphatic carbocycles. The molecule has 0 aliphatic heterocycles. The summed E-state index contributed by atoms with van der Waals surface area (Å²) in [6, 6.07) is 12.9. The Morgan fingerprint density at radius 2 is 1.65 bits per heavy atom. The van der Waals surface area contributed by atoms with Crippen molar-refractivity contribution in [2.45, 2.75) is 13.0 Å². The lowest BCUT2D eigenvalue weighted by Gasteiger charge is -2.16. The maximum atomic E-state index is 12.1. The Morgan fingerprint density at radius 3 is 2.31 bits per heavy atom. The van der Waals surface area contributed by atoms with Crippen molar-refractivity contribution in [3.8, 4) is 17.2 Å². The molecule has 0 N–H and O–H groups in total. The highest BCUT2D eigenvalue weighted by Gasteiger charge is 2.19. The molecule has 0 atom stereocenters. The second-order valence-electron chi connectivity index (χ2n) is 5.46. The summed E-state index contributed by atoms with van der Waals surface area (Å²) < 4.78 is 26.8. The highest BCUT2D eigenvalue weighted by molar-refractivity contribution is 5.93. The van der Waals surface area contributed by atoms with E-state index in [9.17, 15) is 4.79 Å². The summed E-state index contributed by atoms with van der Waals surface area (Å²) in [6.45, 7) is 1.38. The number of hydrogen-bond donors (Lipinski definition) is 0. The second kappa shape index (κ2) is 10.3. The largest absolute Gasteiger partial charge is 0.493 e. The topological polar surface area (TPSA) is 63.2 Å². The maximum absolute atomic E-state index is 12.1. The Labute approximate surface area is 153 Å². The Hall–Kier alpha value is -2.73. The summed E-state index contributed by atoms with van der Waals surface area (Å²) in [5, 5.41) is 0. The van der Waals surface area contributed by atoms with E-state index in [1.165, 1.54) is 14.2 Å². The lowest BCUT2D eigenvalue weighted by Crippen LogP contribution is -2.08. The number of carbonyl (C=O) groups excluding carboxylic acids is 1. The van der Waals surface area contributed by atoms with Gasteiger partial charge >= 0.3 is 5.97 Å². The molecule has 0 amide bonds. The average molecular weight is 360 g/mol. The molecule has 0 saturated carbocycles. The monoisotopic (exact) mass is 360 g/mol. The summed E-state index contributed by atoms with van der Waals surface area (Å²) in [5.74, 6) is 0.815. The first-order chi connectivity index (χ1) is 12.7. The zero-order valence-corrected chi connectivity index (χ0v) is 15.3. The van der Waals surface area contributed by atoms with Crippen LogP contribution in [0.3, 0.4) is 0 Å². The molecular formula is C20H24O6. The van der Waals surface area contributed by atoms with Crippen LogP contribution in [-0.4, -0.2) is 40.5 Å². The summed E-state index contributed by atoms with van der Waals surface area (Å²) in [6.07, 6.45) is 0.735. The van der Waals surface area contributed by atoms with Gasteiger partial charge in [-0.2, -0.15) is 0 Å². The fourth-order valence-electron chi connectivity index (χ4n) is 2.32. The standard InChI is InChI=1S/C20H24O6/c1-22-10-7-11-25-19-13-17(26-14-15-8-5-4-6-9-15)16(20(21)24-3)12-18(19)23-2/h4-6,8-9,12-13H,7,10-11,14H2,1-3H3. The van der Waals surface area contributed by atoms with Crippen LogP contribution in [0.2, 0.25) is 0 Å². The van der Waals surface area contributed by atoms with Gasteiger partial charge in [0, 0.05) is 32.3 Å². The van der Waals surface area contributed by atoms with Gasteiger partial charge in [0.05, 0.1) is 20.8 Å². The lowest BCUT2D eigenvalue weighted by atomic mass is 10.1. The molecule has 0 heterocycles. The molecule has 0 aromatic heterocycles. The maximum Gasteiger partial charge on any atom is 0.341 e. The third-order valence-corrected chi connectivity index (χ3v) is 3.66. The smallest absolute Gasteiger partial charge is 0.341 e. The molecule has 2 aromatic rings. The number of ether oxygens (including phenoxy) is 5. The van der Waals surface area contributed by atoms with Gasteiger partial charge in [0.1, 0.15) is 17.9 Å². The highest BCUT2D eigenvalue weighted by atomic mass is 16.5. The fraction of sp³-hybridized carbons (Fsp3) is 0.350. The molecule has 6 heteroatoms. The molecule has 26 heavy (non-hydrogen) atoms. The molecule has 2 aromatic carbocycles. The summed E-state index contributed by atoms with van der Waals surface area (Å²) in [4.78, 5) is 12.1. The average Bonchev–Trinajstić information content (AvgIpc) is 2.69. The van der Waals surface area contributed by atoms with Crippen molar-refractivity contribution in [2.24, 2.45) is 0 Å². The van der Waals surface area contributed by atoms with E-state index in [2.05, 4.69) is 0 Å². The molecule has 140 valence electrons. The highest BCUT2D eigenvalue weighted by Crippen LogP contribution is 2.35. The Bertz CT molecular complexity index is 699. The molecule has 0 aliphatic rings. The van der Waals surface area contributed by atoms with Gasteiger partial charge in [-0.25, -0.2) is 4.79 Å². The molecule has 6 nitrogen and oxygen atoms in total. The Balaban J connectivity index is 2.24. The van der Waals surface area contributed by atoms with Gasteiger partial charge in [-0.05, 0) is 5.56 Å². The third kappa shape index (κ3) is 5.39. The summed E-state index contributed by atoms with van der Waals surface area (Å²) in [7, 11) is 4.48. The number of carbonyl (C=O) groups is 1. The minimum absolute atomic E-state index is 0.282. The van der Waals surface area contributed by atoms with Crippen LogP contribution in [0.4, 0.5) is 0 Å². The normalized spacial score (nSPS) is 10.3. The van der Waals surface area contributed by atoms with Crippen molar-refractivity contribution < 1.29 is 28.5 Å². The van der Waals surface area contributed by atoms with E-state index in [0.717, 1.165) is 12.0 Å². The zero-order valence-electron chi connectivity index (χ0n) is 15.3. The van der Waals surface area contributed by atoms with Gasteiger partial charge in [0.15, 0.2) is 11.5 Å². The van der Waals surface area contributed by atoms with Crippen LogP contribution in [-0.2, 0) is 16.1 Å². The lowest BCUT2D eigenvalue weighted by molar-refractivity contribution is 0.0595. The van der Waals surface area contributed by atoms with Crippen molar-refractivity contribution in [3.63, 3.8) is 0 Å². The first-order valence-corrected chi connectivity index (χ1v) is 8.28. The third-order valence-electron chi connectivity index (χ3n) is 3.66. The van der Waals surface area contributed by atoms with E-state index in [-0.39, 0.29) is 5.56 Å². The molecule has 2 rings (SSSR count). The van der Waals surface area contributed by atoms with Crippen molar-refractivity contribution in [3.05, 3.63) is 53.6 Å². The zero-order chi connectivity index (χ0) is 18.8. The van der Waals surface area contributed by atoms with Crippen LogP contribution in [0, 0.1) is 0 Å². The van der Waals surface area contributed by atoms with E-state index in [4.69, 9.17) is 23.7 Å². The minimum Gasteiger partial charge on any atom is -0.493 e. The number of hydrogen-bond acceptors (Lipinski definition) is 6. The molecule has 0 radical (unpaired) electrons. The number of methoxy groups -OCH3 is 3. The first-order valence-electron chi connectivity index (χ1n) is 8.28. The molecule has 0 fully saturated rings. The van der Waals surface area contributed by atoms with Crippen LogP contribution in [0.1, 0.15) is 22.3 Å². The Morgan fingerprint density at radius 1 is 0.885 bits per heavy atom. The van der Waals surface area contributed by atoms with E-state index in [1.807, 2.05) is 30.3 Å². The van der Waals surface area contributed by atoms with Gasteiger partial charge < -0.3 is 23.7 Å². The van der Waals surface area contributed by atoms with Crippen LogP contribution < -0.4 is 14.2 Å². The summed E-state index contributed by atoms with van der Waals surface area (Å²) >= 11 is 0. The van der Waals surface area contributed by atoms with Crippen molar-refractivity contribution in [1.29, 1.82) is 0 Å². The van der Waals surface area contributed by atoms with Crippen molar-refractivity contribution >= 4 is 5.97 Å². The predicted octanol–water partition coefficient (Wildman–Crippen LogP) is 3.48. The van der Waals surface area contributed by atoms with Crippen molar-refractivity contribution in [2.75, 3.05) is 34.5 Å². The quantitative estimate of drug-likeness (QED) is 0.477. The van der Waals surface area contributed by atoms with Crippen LogP contribution in [0.25, 0.3) is 0 Å². The predicted molar refractivity (Wildman–Crippen MR) is 97.1 cm³/mol. The van der Waals surface area contributed by atoms with E-state index in [0.29, 0.717) is 37.1 Å². The first kappa shape index (κ1) is 19.6. The van der Waals surface area contributed by atoms with E-state index in [1.54, 1.807) is 19.2 Å². The summed E-state index contributed by atoms with van der Waals surface area (Å²) in [5.41, 5.74) is 1.27. The number of rotatable bonds is 10. The minimum atomic E-state index is -0.503. The van der Waals surface area contributed by atoms with Crippen LogP contribution in [0.5, 0.6) is 17.2 Å². The van der Waals surface area contributed by atoms with Crippen LogP contribution in [0.15, 0.2) is 42.5 Å². The van der Waals surface area contributed by atoms with Gasteiger partial charge in [-0.1, -0.05) is 30.3 Å². The number of benzene rings is 2. The van der Waals surface area contributed by atoms with Gasteiger partial charge in [0.2, 0.25) is 0 Å². The van der Waals surface area contributed by atoms with E-state index >= 15 is 0 Å².